The van der Waals surface area contributed by atoms with Crippen LogP contribution in [0, 0.1) is 0 Å². The Hall–Kier alpha value is -2.46. The van der Waals surface area contributed by atoms with E-state index in [1.807, 2.05) is 48.5 Å². The average molecular weight is 351 g/mol. The lowest BCUT2D eigenvalue weighted by atomic mass is 9.86. The maximum Gasteiger partial charge on any atom is 0.323 e. The van der Waals surface area contributed by atoms with Crippen molar-refractivity contribution >= 4 is 11.8 Å². The van der Waals surface area contributed by atoms with E-state index in [0.29, 0.717) is 25.9 Å². The highest BCUT2D eigenvalue weighted by atomic mass is 16.5. The minimum atomic E-state index is -0.477. The van der Waals surface area contributed by atoms with Crippen molar-refractivity contribution < 1.29 is 14.3 Å². The first-order valence-corrected chi connectivity index (χ1v) is 9.23. The summed E-state index contributed by atoms with van der Waals surface area (Å²) in [6.45, 7) is 2.14. The lowest BCUT2D eigenvalue weighted by molar-refractivity contribution is -0.146. The Morgan fingerprint density at radius 3 is 2.54 bits per heavy atom. The highest BCUT2D eigenvalue weighted by Gasteiger charge is 2.30. The summed E-state index contributed by atoms with van der Waals surface area (Å²) in [5.41, 5.74) is 3.44. The summed E-state index contributed by atoms with van der Waals surface area (Å²) in [5, 5.41) is 3.28. The van der Waals surface area contributed by atoms with Gasteiger partial charge in [0.1, 0.15) is 6.04 Å². The summed E-state index contributed by atoms with van der Waals surface area (Å²) in [4.78, 5) is 24.9. The number of carbonyl (C=O) groups is 2. The average Bonchev–Trinajstić information content (AvgIpc) is 2.66. The predicted octanol–water partition coefficient (Wildman–Crippen LogP) is 2.88. The van der Waals surface area contributed by atoms with Crippen molar-refractivity contribution in [2.75, 3.05) is 6.61 Å². The van der Waals surface area contributed by atoms with E-state index in [-0.39, 0.29) is 17.8 Å². The quantitative estimate of drug-likeness (QED) is 0.780. The molecule has 136 valence electrons. The Morgan fingerprint density at radius 1 is 1.12 bits per heavy atom. The number of aryl methyl sites for hydroxylation is 1. The molecule has 0 unspecified atom stereocenters. The summed E-state index contributed by atoms with van der Waals surface area (Å²) in [7, 11) is 0. The lowest BCUT2D eigenvalue weighted by Crippen LogP contribution is -2.50. The van der Waals surface area contributed by atoms with Crippen molar-refractivity contribution in [3.8, 4) is 0 Å². The van der Waals surface area contributed by atoms with Gasteiger partial charge in [-0.25, -0.2) is 0 Å². The topological polar surface area (TPSA) is 55.4 Å². The normalized spacial score (nSPS) is 17.4. The van der Waals surface area contributed by atoms with E-state index in [2.05, 4.69) is 11.4 Å². The number of carbonyl (C=O) groups excluding carboxylic acids is 2. The van der Waals surface area contributed by atoms with Gasteiger partial charge < -0.3 is 4.74 Å². The van der Waals surface area contributed by atoms with E-state index in [9.17, 15) is 9.59 Å². The SMILES string of the molecule is CCOC(=O)[C@H](CCc1ccccc1)N[C@H]1Cc2ccccc2CC1=O. The van der Waals surface area contributed by atoms with Gasteiger partial charge in [0, 0.05) is 6.42 Å². The summed E-state index contributed by atoms with van der Waals surface area (Å²) < 4.78 is 5.23. The second-order valence-corrected chi connectivity index (χ2v) is 6.66. The zero-order valence-corrected chi connectivity index (χ0v) is 15.1. The standard InChI is InChI=1S/C22H25NO3/c1-2-26-22(25)19(13-12-16-8-4-3-5-9-16)23-20-14-17-10-6-7-11-18(17)15-21(20)24/h3-11,19-20,23H,2,12-15H2,1H3/t19-,20-/m0/s1. The zero-order chi connectivity index (χ0) is 18.4. The van der Waals surface area contributed by atoms with Gasteiger partial charge in [-0.05, 0) is 42.9 Å². The number of Topliss-reactive ketones (excluding diaryl/α,β-unsaturated/α-hetero) is 1. The summed E-state index contributed by atoms with van der Waals surface area (Å²) in [6, 6.07) is 17.2. The van der Waals surface area contributed by atoms with Crippen LogP contribution in [-0.4, -0.2) is 30.4 Å². The number of nitrogens with one attached hydrogen (secondary N) is 1. The number of ether oxygens (including phenoxy) is 1. The lowest BCUT2D eigenvalue weighted by Gasteiger charge is -2.28. The maximum absolute atomic E-state index is 12.5. The first-order valence-electron chi connectivity index (χ1n) is 9.23. The third-order valence-electron chi connectivity index (χ3n) is 4.83. The fraction of sp³-hybridized carbons (Fsp3) is 0.364. The number of ketones is 1. The van der Waals surface area contributed by atoms with Gasteiger partial charge in [0.15, 0.2) is 5.78 Å². The number of hydrogen-bond acceptors (Lipinski definition) is 4. The Balaban J connectivity index is 1.69. The second-order valence-electron chi connectivity index (χ2n) is 6.66. The van der Waals surface area contributed by atoms with Gasteiger partial charge in [-0.3, -0.25) is 14.9 Å². The van der Waals surface area contributed by atoms with Crippen LogP contribution in [0.15, 0.2) is 54.6 Å². The fourth-order valence-corrected chi connectivity index (χ4v) is 3.44. The smallest absolute Gasteiger partial charge is 0.323 e. The van der Waals surface area contributed by atoms with E-state index in [4.69, 9.17) is 4.74 Å². The van der Waals surface area contributed by atoms with Crippen LogP contribution in [0.4, 0.5) is 0 Å². The van der Waals surface area contributed by atoms with Gasteiger partial charge in [0.2, 0.25) is 0 Å². The van der Waals surface area contributed by atoms with E-state index >= 15 is 0 Å². The maximum atomic E-state index is 12.5. The molecule has 1 aliphatic carbocycles. The zero-order valence-electron chi connectivity index (χ0n) is 15.1. The minimum Gasteiger partial charge on any atom is -0.465 e. The van der Waals surface area contributed by atoms with Gasteiger partial charge in [-0.1, -0.05) is 54.6 Å². The number of benzene rings is 2. The number of rotatable bonds is 7. The summed E-state index contributed by atoms with van der Waals surface area (Å²) >= 11 is 0. The van der Waals surface area contributed by atoms with Gasteiger partial charge in [0.25, 0.3) is 0 Å². The van der Waals surface area contributed by atoms with Crippen LogP contribution in [0.25, 0.3) is 0 Å². The molecule has 2 aromatic carbocycles. The molecule has 0 radical (unpaired) electrons. The van der Waals surface area contributed by atoms with Crippen molar-refractivity contribution in [2.24, 2.45) is 0 Å². The van der Waals surface area contributed by atoms with Crippen LogP contribution in [0.3, 0.4) is 0 Å². The molecule has 0 saturated heterocycles. The Kier molecular flexibility index (Phi) is 6.18. The molecule has 4 heteroatoms. The van der Waals surface area contributed by atoms with Gasteiger partial charge >= 0.3 is 5.97 Å². The van der Waals surface area contributed by atoms with Gasteiger partial charge in [-0.2, -0.15) is 0 Å². The molecular formula is C22H25NO3. The van der Waals surface area contributed by atoms with Crippen molar-refractivity contribution in [1.82, 2.24) is 5.32 Å². The molecule has 0 fully saturated rings. The number of hydrogen-bond donors (Lipinski definition) is 1. The largest absolute Gasteiger partial charge is 0.465 e. The summed E-state index contributed by atoms with van der Waals surface area (Å²) in [6.07, 6.45) is 2.40. The fourth-order valence-electron chi connectivity index (χ4n) is 3.44. The monoisotopic (exact) mass is 351 g/mol. The number of fused-ring (bicyclic) bond motifs is 1. The molecule has 26 heavy (non-hydrogen) atoms. The molecule has 0 saturated carbocycles. The molecule has 4 nitrogen and oxygen atoms in total. The molecule has 2 atom stereocenters. The van der Waals surface area contributed by atoms with Crippen molar-refractivity contribution in [1.29, 1.82) is 0 Å². The van der Waals surface area contributed by atoms with Crippen LogP contribution >= 0.6 is 0 Å². The third-order valence-corrected chi connectivity index (χ3v) is 4.83. The molecule has 1 N–H and O–H groups in total. The van der Waals surface area contributed by atoms with E-state index in [1.54, 1.807) is 6.92 Å². The molecule has 0 bridgehead atoms. The first-order chi connectivity index (χ1) is 12.7. The Morgan fingerprint density at radius 2 is 1.81 bits per heavy atom. The van der Waals surface area contributed by atoms with Crippen LogP contribution in [-0.2, 0) is 33.6 Å². The molecule has 0 aromatic heterocycles. The van der Waals surface area contributed by atoms with Crippen molar-refractivity contribution in [3.63, 3.8) is 0 Å². The highest BCUT2D eigenvalue weighted by Crippen LogP contribution is 2.20. The molecule has 0 amide bonds. The molecular weight excluding hydrogens is 326 g/mol. The van der Waals surface area contributed by atoms with E-state index in [0.717, 1.165) is 12.0 Å². The molecule has 0 aliphatic heterocycles. The van der Waals surface area contributed by atoms with E-state index in [1.165, 1.54) is 11.1 Å². The predicted molar refractivity (Wildman–Crippen MR) is 101 cm³/mol. The van der Waals surface area contributed by atoms with Crippen LogP contribution in [0.1, 0.15) is 30.0 Å². The van der Waals surface area contributed by atoms with E-state index < -0.39 is 6.04 Å². The molecule has 0 heterocycles. The van der Waals surface area contributed by atoms with Crippen LogP contribution < -0.4 is 5.32 Å². The van der Waals surface area contributed by atoms with Crippen LogP contribution in [0.5, 0.6) is 0 Å². The molecule has 1 aliphatic rings. The Labute approximate surface area is 154 Å². The summed E-state index contributed by atoms with van der Waals surface area (Å²) in [5.74, 6) is -0.146. The first kappa shape index (κ1) is 18.3. The third kappa shape index (κ3) is 4.58. The van der Waals surface area contributed by atoms with Crippen molar-refractivity contribution in [2.45, 2.75) is 44.7 Å². The molecule has 3 rings (SSSR count). The Bertz CT molecular complexity index is 757. The second kappa shape index (κ2) is 8.77. The number of esters is 1. The van der Waals surface area contributed by atoms with Crippen LogP contribution in [0.2, 0.25) is 0 Å². The van der Waals surface area contributed by atoms with Gasteiger partial charge in [-0.15, -0.1) is 0 Å². The molecule has 2 aromatic rings. The van der Waals surface area contributed by atoms with Gasteiger partial charge in [0.05, 0.1) is 12.6 Å². The molecule has 0 spiro atoms. The minimum absolute atomic E-state index is 0.137. The van der Waals surface area contributed by atoms with Crippen molar-refractivity contribution in [3.05, 3.63) is 71.3 Å². The highest BCUT2D eigenvalue weighted by molar-refractivity contribution is 5.89.